The summed E-state index contributed by atoms with van der Waals surface area (Å²) in [6.07, 6.45) is 0.0615. The van der Waals surface area contributed by atoms with E-state index in [2.05, 4.69) is 22.6 Å². The van der Waals surface area contributed by atoms with Gasteiger partial charge in [0.25, 0.3) is 5.91 Å². The second-order valence-corrected chi connectivity index (χ2v) is 5.53. The van der Waals surface area contributed by atoms with Crippen molar-refractivity contribution in [2.75, 3.05) is 13.1 Å². The predicted octanol–water partition coefficient (Wildman–Crippen LogP) is 3.56. The molecule has 1 rings (SSSR count). The van der Waals surface area contributed by atoms with Gasteiger partial charge in [-0.25, -0.2) is 0 Å². The van der Waals surface area contributed by atoms with E-state index < -0.39 is 0 Å². The molecule has 18 heavy (non-hydrogen) atoms. The Kier molecular flexibility index (Phi) is 5.91. The van der Waals surface area contributed by atoms with Crippen LogP contribution in [0.4, 0.5) is 0 Å². The van der Waals surface area contributed by atoms with Crippen molar-refractivity contribution in [1.82, 2.24) is 4.90 Å². The first-order valence-corrected chi connectivity index (χ1v) is 7.32. The minimum atomic E-state index is 0.0343. The molecule has 1 amide bonds. The lowest BCUT2D eigenvalue weighted by Gasteiger charge is -2.21. The molecule has 0 radical (unpaired) electrons. The molecule has 0 aliphatic carbocycles. The van der Waals surface area contributed by atoms with Gasteiger partial charge in [-0.3, -0.25) is 4.79 Å². The Labute approximate surface area is 123 Å². The first-order valence-electron chi connectivity index (χ1n) is 6.25. The number of halogens is 1. The van der Waals surface area contributed by atoms with Gasteiger partial charge >= 0.3 is 0 Å². The maximum absolute atomic E-state index is 12.4. The smallest absolute Gasteiger partial charge is 0.257 e. The second kappa shape index (κ2) is 6.97. The highest BCUT2D eigenvalue weighted by Gasteiger charge is 2.18. The Balaban J connectivity index is 3.10. The fraction of sp³-hybridized carbons (Fsp3) is 0.500. The van der Waals surface area contributed by atoms with Gasteiger partial charge in [0.1, 0.15) is 5.75 Å². The molecule has 0 unspecified atom stereocenters. The number of carbonyl (C=O) groups excluding carboxylic acids is 1. The van der Waals surface area contributed by atoms with Crippen molar-refractivity contribution in [3.63, 3.8) is 0 Å². The molecule has 0 bridgehead atoms. The summed E-state index contributed by atoms with van der Waals surface area (Å²) in [7, 11) is 0. The fourth-order valence-corrected chi connectivity index (χ4v) is 2.17. The van der Waals surface area contributed by atoms with E-state index in [9.17, 15) is 4.79 Å². The van der Waals surface area contributed by atoms with E-state index in [1.54, 1.807) is 4.90 Å². The van der Waals surface area contributed by atoms with Gasteiger partial charge in [0, 0.05) is 16.7 Å². The van der Waals surface area contributed by atoms with Gasteiger partial charge in [-0.05, 0) is 68.5 Å². The van der Waals surface area contributed by atoms with Crippen LogP contribution in [-0.2, 0) is 0 Å². The molecule has 3 nitrogen and oxygen atoms in total. The molecule has 0 atom stereocenters. The standard InChI is InChI=1S/C14H20INO2/c1-5-16(6-2)14(17)12-8-7-11(15)9-13(12)18-10(3)4/h7-10H,5-6H2,1-4H3. The van der Waals surface area contributed by atoms with Crippen molar-refractivity contribution in [1.29, 1.82) is 0 Å². The van der Waals surface area contributed by atoms with E-state index in [1.165, 1.54) is 0 Å². The number of nitrogens with zero attached hydrogens (tertiary/aromatic N) is 1. The van der Waals surface area contributed by atoms with Crippen molar-refractivity contribution in [2.24, 2.45) is 0 Å². The summed E-state index contributed by atoms with van der Waals surface area (Å²) in [6.45, 7) is 9.32. The average Bonchev–Trinajstić information content (AvgIpc) is 2.29. The highest BCUT2D eigenvalue weighted by atomic mass is 127. The molecule has 1 aromatic rings. The van der Waals surface area contributed by atoms with E-state index in [4.69, 9.17) is 4.74 Å². The Morgan fingerprint density at radius 3 is 2.44 bits per heavy atom. The fourth-order valence-electron chi connectivity index (χ4n) is 1.71. The number of rotatable bonds is 5. The third-order valence-electron chi connectivity index (χ3n) is 2.59. The van der Waals surface area contributed by atoms with E-state index in [0.717, 1.165) is 3.57 Å². The van der Waals surface area contributed by atoms with Gasteiger partial charge in [0.05, 0.1) is 11.7 Å². The van der Waals surface area contributed by atoms with Gasteiger partial charge in [0.15, 0.2) is 0 Å². The largest absolute Gasteiger partial charge is 0.490 e. The number of carbonyl (C=O) groups is 1. The first kappa shape index (κ1) is 15.3. The lowest BCUT2D eigenvalue weighted by atomic mass is 10.1. The van der Waals surface area contributed by atoms with Crippen LogP contribution in [-0.4, -0.2) is 30.0 Å². The lowest BCUT2D eigenvalue weighted by molar-refractivity contribution is 0.0767. The van der Waals surface area contributed by atoms with E-state index >= 15 is 0 Å². The van der Waals surface area contributed by atoms with E-state index in [1.807, 2.05) is 45.9 Å². The van der Waals surface area contributed by atoms with Crippen LogP contribution >= 0.6 is 22.6 Å². The third kappa shape index (κ3) is 3.86. The second-order valence-electron chi connectivity index (χ2n) is 4.28. The number of amides is 1. The summed E-state index contributed by atoms with van der Waals surface area (Å²) in [5, 5.41) is 0. The number of hydrogen-bond acceptors (Lipinski definition) is 2. The Hall–Kier alpha value is -0.780. The number of ether oxygens (including phenoxy) is 1. The van der Waals surface area contributed by atoms with Gasteiger partial charge in [-0.15, -0.1) is 0 Å². The minimum Gasteiger partial charge on any atom is -0.490 e. The predicted molar refractivity (Wildman–Crippen MR) is 82.2 cm³/mol. The van der Waals surface area contributed by atoms with Crippen LogP contribution in [0.3, 0.4) is 0 Å². The van der Waals surface area contributed by atoms with Crippen LogP contribution in [0.2, 0.25) is 0 Å². The highest BCUT2D eigenvalue weighted by molar-refractivity contribution is 14.1. The molecule has 0 aliphatic rings. The van der Waals surface area contributed by atoms with Crippen LogP contribution in [0.1, 0.15) is 38.1 Å². The summed E-state index contributed by atoms with van der Waals surface area (Å²) in [4.78, 5) is 14.2. The lowest BCUT2D eigenvalue weighted by Crippen LogP contribution is -2.31. The topological polar surface area (TPSA) is 29.5 Å². The average molecular weight is 361 g/mol. The molecule has 0 fully saturated rings. The van der Waals surface area contributed by atoms with Crippen molar-refractivity contribution < 1.29 is 9.53 Å². The minimum absolute atomic E-state index is 0.0343. The maximum atomic E-state index is 12.4. The van der Waals surface area contributed by atoms with Crippen LogP contribution < -0.4 is 4.74 Å². The summed E-state index contributed by atoms with van der Waals surface area (Å²) in [5.41, 5.74) is 0.646. The zero-order valence-corrected chi connectivity index (χ0v) is 13.5. The molecule has 0 spiro atoms. The normalized spacial score (nSPS) is 10.6. The molecule has 0 saturated heterocycles. The molecule has 0 heterocycles. The van der Waals surface area contributed by atoms with Gasteiger partial charge < -0.3 is 9.64 Å². The zero-order valence-electron chi connectivity index (χ0n) is 11.4. The molecule has 100 valence electrons. The van der Waals surface area contributed by atoms with E-state index in [-0.39, 0.29) is 12.0 Å². The molecule has 0 aliphatic heterocycles. The van der Waals surface area contributed by atoms with Crippen molar-refractivity contribution in [2.45, 2.75) is 33.8 Å². The van der Waals surface area contributed by atoms with Gasteiger partial charge in [-0.1, -0.05) is 0 Å². The molecule has 0 aromatic heterocycles. The van der Waals surface area contributed by atoms with Crippen LogP contribution in [0.15, 0.2) is 18.2 Å². The molecule has 0 saturated carbocycles. The Morgan fingerprint density at radius 1 is 1.33 bits per heavy atom. The SMILES string of the molecule is CCN(CC)C(=O)c1ccc(I)cc1OC(C)C. The molecular weight excluding hydrogens is 341 g/mol. The van der Waals surface area contributed by atoms with Gasteiger partial charge in [0.2, 0.25) is 0 Å². The summed E-state index contributed by atoms with van der Waals surface area (Å²) < 4.78 is 6.80. The van der Waals surface area contributed by atoms with Crippen molar-refractivity contribution in [3.8, 4) is 5.75 Å². The highest BCUT2D eigenvalue weighted by Crippen LogP contribution is 2.24. The van der Waals surface area contributed by atoms with Crippen LogP contribution in [0.5, 0.6) is 5.75 Å². The summed E-state index contributed by atoms with van der Waals surface area (Å²) in [5.74, 6) is 0.709. The molecular formula is C14H20INO2. The Bertz CT molecular complexity index is 414. The van der Waals surface area contributed by atoms with Gasteiger partial charge in [-0.2, -0.15) is 0 Å². The number of hydrogen-bond donors (Lipinski definition) is 0. The van der Waals surface area contributed by atoms with Crippen LogP contribution in [0, 0.1) is 3.57 Å². The van der Waals surface area contributed by atoms with Crippen LogP contribution in [0.25, 0.3) is 0 Å². The summed E-state index contributed by atoms with van der Waals surface area (Å²) in [6, 6.07) is 5.70. The molecule has 1 aromatic carbocycles. The number of benzene rings is 1. The van der Waals surface area contributed by atoms with Crippen molar-refractivity contribution >= 4 is 28.5 Å². The Morgan fingerprint density at radius 2 is 1.94 bits per heavy atom. The quantitative estimate of drug-likeness (QED) is 0.751. The maximum Gasteiger partial charge on any atom is 0.257 e. The third-order valence-corrected chi connectivity index (χ3v) is 3.26. The van der Waals surface area contributed by atoms with E-state index in [0.29, 0.717) is 24.4 Å². The molecule has 0 N–H and O–H groups in total. The van der Waals surface area contributed by atoms with Crippen molar-refractivity contribution in [3.05, 3.63) is 27.3 Å². The summed E-state index contributed by atoms with van der Waals surface area (Å²) >= 11 is 2.22. The zero-order chi connectivity index (χ0) is 13.7. The molecule has 4 heteroatoms. The first-order chi connectivity index (χ1) is 8.49. The monoisotopic (exact) mass is 361 g/mol.